The fourth-order valence-electron chi connectivity index (χ4n) is 0.921. The smallest absolute Gasteiger partial charge is 0.305 e. The lowest BCUT2D eigenvalue weighted by atomic mass is 10.2. The zero-order valence-electron chi connectivity index (χ0n) is 9.28. The van der Waals surface area contributed by atoms with Crippen molar-refractivity contribution in [1.82, 2.24) is 0 Å². The molecule has 0 atom stereocenters. The maximum Gasteiger partial charge on any atom is 0.305 e. The quantitative estimate of drug-likeness (QED) is 0.447. The van der Waals surface area contributed by atoms with Crippen LogP contribution in [0.3, 0.4) is 0 Å². The first-order valence-corrected chi connectivity index (χ1v) is 5.00. The number of rotatable bonds is 8. The van der Waals surface area contributed by atoms with Gasteiger partial charge in [-0.1, -0.05) is 0 Å². The summed E-state index contributed by atoms with van der Waals surface area (Å²) in [4.78, 5) is 21.9. The van der Waals surface area contributed by atoms with E-state index in [9.17, 15) is 9.59 Å². The van der Waals surface area contributed by atoms with Gasteiger partial charge in [0.2, 0.25) is 0 Å². The molecule has 5 nitrogen and oxygen atoms in total. The molecule has 0 radical (unpaired) electrons. The minimum Gasteiger partial charge on any atom is -0.466 e. The highest BCUT2D eigenvalue weighted by atomic mass is 16.6. The van der Waals surface area contributed by atoms with Crippen LogP contribution in [0.15, 0.2) is 0 Å². The Balaban J connectivity index is 3.34. The molecular weight excluding hydrogens is 200 g/mol. The van der Waals surface area contributed by atoms with Crippen molar-refractivity contribution in [3.05, 3.63) is 0 Å². The molecule has 0 aliphatic carbocycles. The summed E-state index contributed by atoms with van der Waals surface area (Å²) in [5.74, 6) is -0.585. The van der Waals surface area contributed by atoms with E-state index in [-0.39, 0.29) is 31.4 Å². The van der Waals surface area contributed by atoms with Crippen molar-refractivity contribution < 1.29 is 23.8 Å². The van der Waals surface area contributed by atoms with Crippen molar-refractivity contribution in [3.8, 4) is 0 Å². The fraction of sp³-hybridized carbons (Fsp3) is 0.800. The molecule has 0 aromatic carbocycles. The van der Waals surface area contributed by atoms with Crippen LogP contribution in [0.4, 0.5) is 0 Å². The van der Waals surface area contributed by atoms with Crippen molar-refractivity contribution in [3.63, 3.8) is 0 Å². The van der Waals surface area contributed by atoms with Crippen molar-refractivity contribution in [2.24, 2.45) is 0 Å². The van der Waals surface area contributed by atoms with E-state index >= 15 is 0 Å². The highest BCUT2D eigenvalue weighted by Gasteiger charge is 2.06. The molecule has 0 bridgehead atoms. The van der Waals surface area contributed by atoms with Crippen LogP contribution >= 0.6 is 0 Å². The normalized spacial score (nSPS) is 9.73. The molecule has 0 aromatic heterocycles. The van der Waals surface area contributed by atoms with E-state index < -0.39 is 0 Å². The first-order chi connectivity index (χ1) is 7.20. The molecular formula is C10H18O5. The van der Waals surface area contributed by atoms with E-state index in [4.69, 9.17) is 14.2 Å². The highest BCUT2D eigenvalue weighted by Crippen LogP contribution is 1.99. The molecule has 88 valence electrons. The van der Waals surface area contributed by atoms with E-state index in [0.717, 1.165) is 0 Å². The minimum atomic E-state index is -0.309. The standard InChI is InChI=1S/C10H18O5/c1-3-14-9(11)5-4-6-10(12)15-8-7-13-2/h3-8H2,1-2H3. The highest BCUT2D eigenvalue weighted by molar-refractivity contribution is 5.72. The summed E-state index contributed by atoms with van der Waals surface area (Å²) in [7, 11) is 1.54. The first-order valence-electron chi connectivity index (χ1n) is 5.00. The van der Waals surface area contributed by atoms with Crippen LogP contribution in [-0.2, 0) is 23.8 Å². The van der Waals surface area contributed by atoms with Gasteiger partial charge in [0.05, 0.1) is 13.2 Å². The monoisotopic (exact) mass is 218 g/mol. The zero-order chi connectivity index (χ0) is 11.5. The maximum absolute atomic E-state index is 11.0. The number of ether oxygens (including phenoxy) is 3. The molecule has 0 aromatic rings. The molecule has 0 rings (SSSR count). The lowest BCUT2D eigenvalue weighted by Gasteiger charge is -2.03. The molecule has 0 N–H and O–H groups in total. The largest absolute Gasteiger partial charge is 0.466 e. The number of hydrogen-bond donors (Lipinski definition) is 0. The van der Waals surface area contributed by atoms with E-state index in [1.807, 2.05) is 0 Å². The Bertz CT molecular complexity index is 190. The second-order valence-corrected chi connectivity index (χ2v) is 2.87. The van der Waals surface area contributed by atoms with Gasteiger partial charge in [-0.3, -0.25) is 9.59 Å². The van der Waals surface area contributed by atoms with Gasteiger partial charge in [-0.2, -0.15) is 0 Å². The molecule has 0 spiro atoms. The summed E-state index contributed by atoms with van der Waals surface area (Å²) in [6.07, 6.45) is 0.959. The van der Waals surface area contributed by atoms with Gasteiger partial charge in [0.15, 0.2) is 0 Å². The molecule has 0 amide bonds. The Morgan fingerprint density at radius 2 is 1.60 bits per heavy atom. The summed E-state index contributed by atoms with van der Waals surface area (Å²) in [6.45, 7) is 2.77. The molecule has 0 saturated carbocycles. The summed E-state index contributed by atoms with van der Waals surface area (Å²) in [6, 6.07) is 0. The van der Waals surface area contributed by atoms with E-state index in [0.29, 0.717) is 19.6 Å². The Morgan fingerprint density at radius 1 is 1.00 bits per heavy atom. The second-order valence-electron chi connectivity index (χ2n) is 2.87. The van der Waals surface area contributed by atoms with Crippen LogP contribution < -0.4 is 0 Å². The predicted octanol–water partition coefficient (Wildman–Crippen LogP) is 0.909. The van der Waals surface area contributed by atoms with Gasteiger partial charge in [0, 0.05) is 20.0 Å². The van der Waals surface area contributed by atoms with Gasteiger partial charge in [-0.15, -0.1) is 0 Å². The van der Waals surface area contributed by atoms with Crippen LogP contribution in [-0.4, -0.2) is 38.9 Å². The molecule has 0 aliphatic rings. The summed E-state index contributed by atoms with van der Waals surface area (Å²) in [5.41, 5.74) is 0. The number of carbonyl (C=O) groups excluding carboxylic acids is 2. The van der Waals surface area contributed by atoms with Crippen molar-refractivity contribution in [2.75, 3.05) is 26.9 Å². The third kappa shape index (κ3) is 9.21. The number of carbonyl (C=O) groups is 2. The Labute approximate surface area is 89.7 Å². The molecule has 15 heavy (non-hydrogen) atoms. The first kappa shape index (κ1) is 13.9. The van der Waals surface area contributed by atoms with E-state index in [2.05, 4.69) is 0 Å². The maximum atomic E-state index is 11.0. The number of esters is 2. The average molecular weight is 218 g/mol. The van der Waals surface area contributed by atoms with Gasteiger partial charge in [0.1, 0.15) is 6.61 Å². The Hall–Kier alpha value is -1.10. The third-order valence-electron chi connectivity index (χ3n) is 1.62. The lowest BCUT2D eigenvalue weighted by molar-refractivity contribution is -0.146. The summed E-state index contributed by atoms with van der Waals surface area (Å²) >= 11 is 0. The molecule has 5 heteroatoms. The van der Waals surface area contributed by atoms with Gasteiger partial charge in [-0.25, -0.2) is 0 Å². The topological polar surface area (TPSA) is 61.8 Å². The average Bonchev–Trinajstić information content (AvgIpc) is 2.18. The lowest BCUT2D eigenvalue weighted by Crippen LogP contribution is -2.10. The van der Waals surface area contributed by atoms with Crippen LogP contribution in [0.5, 0.6) is 0 Å². The minimum absolute atomic E-state index is 0.239. The molecule has 0 aliphatic heterocycles. The fourth-order valence-corrected chi connectivity index (χ4v) is 0.921. The number of methoxy groups -OCH3 is 1. The van der Waals surface area contributed by atoms with Crippen LogP contribution in [0.1, 0.15) is 26.2 Å². The number of hydrogen-bond acceptors (Lipinski definition) is 5. The molecule has 0 fully saturated rings. The van der Waals surface area contributed by atoms with E-state index in [1.54, 1.807) is 6.92 Å². The van der Waals surface area contributed by atoms with Crippen molar-refractivity contribution in [2.45, 2.75) is 26.2 Å². The summed E-state index contributed by atoms with van der Waals surface area (Å²) < 4.78 is 14.2. The van der Waals surface area contributed by atoms with Gasteiger partial charge < -0.3 is 14.2 Å². The van der Waals surface area contributed by atoms with Crippen LogP contribution in [0.25, 0.3) is 0 Å². The van der Waals surface area contributed by atoms with Crippen molar-refractivity contribution in [1.29, 1.82) is 0 Å². The summed E-state index contributed by atoms with van der Waals surface area (Å²) in [5, 5.41) is 0. The second kappa shape index (κ2) is 9.45. The van der Waals surface area contributed by atoms with Gasteiger partial charge >= 0.3 is 11.9 Å². The Kier molecular flexibility index (Phi) is 8.76. The molecule has 0 saturated heterocycles. The van der Waals surface area contributed by atoms with Gasteiger partial charge in [-0.05, 0) is 13.3 Å². The SMILES string of the molecule is CCOC(=O)CCCC(=O)OCCOC. The third-order valence-corrected chi connectivity index (χ3v) is 1.62. The van der Waals surface area contributed by atoms with E-state index in [1.165, 1.54) is 7.11 Å². The predicted molar refractivity (Wildman–Crippen MR) is 53.3 cm³/mol. The molecule has 0 heterocycles. The van der Waals surface area contributed by atoms with Crippen molar-refractivity contribution >= 4 is 11.9 Å². The van der Waals surface area contributed by atoms with Crippen LogP contribution in [0.2, 0.25) is 0 Å². The molecule has 0 unspecified atom stereocenters. The zero-order valence-corrected chi connectivity index (χ0v) is 9.28. The van der Waals surface area contributed by atoms with Gasteiger partial charge in [0.25, 0.3) is 0 Å². The Morgan fingerprint density at radius 3 is 2.13 bits per heavy atom. The van der Waals surface area contributed by atoms with Crippen LogP contribution in [0, 0.1) is 0 Å².